The summed E-state index contributed by atoms with van der Waals surface area (Å²) in [6.07, 6.45) is 0. The lowest BCUT2D eigenvalue weighted by Crippen LogP contribution is -2.51. The van der Waals surface area contributed by atoms with Crippen LogP contribution in [0.3, 0.4) is 0 Å². The number of hydrogen-bond acceptors (Lipinski definition) is 3. The van der Waals surface area contributed by atoms with Crippen molar-refractivity contribution < 1.29 is 18.3 Å². The molecule has 0 spiro atoms. The lowest BCUT2D eigenvalue weighted by molar-refractivity contribution is -0.126. The van der Waals surface area contributed by atoms with E-state index >= 15 is 0 Å². The van der Waals surface area contributed by atoms with Crippen molar-refractivity contribution in [2.24, 2.45) is 5.92 Å². The lowest BCUT2D eigenvalue weighted by Gasteiger charge is -2.25. The summed E-state index contributed by atoms with van der Waals surface area (Å²) in [5.41, 5.74) is 0. The van der Waals surface area contributed by atoms with Gasteiger partial charge in [-0.3, -0.25) is 4.79 Å². The third-order valence-corrected chi connectivity index (χ3v) is 2.71. The highest BCUT2D eigenvalue weighted by Crippen LogP contribution is 2.14. The Balaban J connectivity index is 0.00000180. The predicted octanol–water partition coefficient (Wildman–Crippen LogP) is 1.10. The maximum absolute atomic E-state index is 12.8. The molecule has 1 saturated heterocycles. The Bertz CT molecular complexity index is 442. The largest absolute Gasteiger partial charge is 0.492 e. The summed E-state index contributed by atoms with van der Waals surface area (Å²) in [4.78, 5) is 11.4. The fourth-order valence-corrected chi connectivity index (χ4v) is 1.53. The van der Waals surface area contributed by atoms with Crippen molar-refractivity contribution in [3.8, 4) is 5.75 Å². The van der Waals surface area contributed by atoms with Crippen LogP contribution in [0.15, 0.2) is 18.2 Å². The van der Waals surface area contributed by atoms with E-state index in [4.69, 9.17) is 4.74 Å². The van der Waals surface area contributed by atoms with Gasteiger partial charge in [0.05, 0.1) is 12.5 Å². The molecule has 0 atom stereocenters. The summed E-state index contributed by atoms with van der Waals surface area (Å²) in [5.74, 6) is -1.59. The minimum Gasteiger partial charge on any atom is -0.492 e. The number of nitrogens with one attached hydrogen (secondary N) is 2. The molecule has 0 aromatic heterocycles. The molecule has 1 amide bonds. The fourth-order valence-electron chi connectivity index (χ4n) is 1.53. The maximum Gasteiger partial charge on any atom is 0.225 e. The highest BCUT2D eigenvalue weighted by Gasteiger charge is 2.24. The zero-order chi connectivity index (χ0) is 13.0. The van der Waals surface area contributed by atoms with Crippen LogP contribution in [0.2, 0.25) is 0 Å². The molecule has 2 rings (SSSR count). The zero-order valence-corrected chi connectivity index (χ0v) is 10.9. The van der Waals surface area contributed by atoms with Crippen molar-refractivity contribution in [2.75, 3.05) is 26.2 Å². The molecule has 1 heterocycles. The van der Waals surface area contributed by atoms with Crippen LogP contribution >= 0.6 is 12.4 Å². The Kier molecular flexibility index (Phi) is 5.98. The third kappa shape index (κ3) is 4.33. The van der Waals surface area contributed by atoms with Gasteiger partial charge in [0.25, 0.3) is 0 Å². The van der Waals surface area contributed by atoms with E-state index in [0.717, 1.165) is 12.1 Å². The van der Waals surface area contributed by atoms with E-state index in [9.17, 15) is 13.6 Å². The molecule has 4 nitrogen and oxygen atoms in total. The highest BCUT2D eigenvalue weighted by atomic mass is 35.5. The van der Waals surface area contributed by atoms with Crippen molar-refractivity contribution in [3.05, 3.63) is 29.8 Å². The number of carbonyl (C=O) groups is 1. The Labute approximate surface area is 115 Å². The van der Waals surface area contributed by atoms with Crippen LogP contribution in [0.5, 0.6) is 5.75 Å². The average Bonchev–Trinajstić information content (AvgIpc) is 2.27. The van der Waals surface area contributed by atoms with Crippen LogP contribution in [0.4, 0.5) is 8.78 Å². The molecular weight excluding hydrogens is 278 g/mol. The predicted molar refractivity (Wildman–Crippen MR) is 68.5 cm³/mol. The van der Waals surface area contributed by atoms with Crippen LogP contribution in [-0.4, -0.2) is 32.1 Å². The summed E-state index contributed by atoms with van der Waals surface area (Å²) in [6, 6.07) is 3.33. The van der Waals surface area contributed by atoms with E-state index in [1.165, 1.54) is 6.07 Å². The van der Waals surface area contributed by atoms with Crippen molar-refractivity contribution in [1.29, 1.82) is 0 Å². The number of hydrogen-bond donors (Lipinski definition) is 2. The molecule has 1 aliphatic heterocycles. The van der Waals surface area contributed by atoms with Gasteiger partial charge in [-0.25, -0.2) is 8.78 Å². The van der Waals surface area contributed by atoms with E-state index in [1.807, 2.05) is 0 Å². The molecule has 0 radical (unpaired) electrons. The summed E-state index contributed by atoms with van der Waals surface area (Å²) in [5, 5.41) is 5.71. The number of carbonyl (C=O) groups excluding carboxylic acids is 1. The van der Waals surface area contributed by atoms with Gasteiger partial charge in [0.1, 0.15) is 12.4 Å². The second kappa shape index (κ2) is 7.25. The number of rotatable bonds is 5. The third-order valence-electron chi connectivity index (χ3n) is 2.71. The van der Waals surface area contributed by atoms with Gasteiger partial charge in [0.15, 0.2) is 11.6 Å². The molecule has 0 unspecified atom stereocenters. The van der Waals surface area contributed by atoms with Crippen molar-refractivity contribution >= 4 is 18.3 Å². The summed E-state index contributed by atoms with van der Waals surface area (Å²) in [7, 11) is 0. The van der Waals surface area contributed by atoms with Gasteiger partial charge in [-0.05, 0) is 12.1 Å². The first-order valence-corrected chi connectivity index (χ1v) is 5.73. The highest BCUT2D eigenvalue weighted by molar-refractivity contribution is 5.85. The second-order valence-corrected chi connectivity index (χ2v) is 4.07. The molecule has 0 bridgehead atoms. The molecular formula is C12H15ClF2N2O2. The summed E-state index contributed by atoms with van der Waals surface area (Å²) >= 11 is 0. The number of halogens is 3. The van der Waals surface area contributed by atoms with Gasteiger partial charge >= 0.3 is 0 Å². The maximum atomic E-state index is 12.8. The van der Waals surface area contributed by atoms with Crippen LogP contribution in [0, 0.1) is 17.6 Å². The SMILES string of the molecule is Cl.O=C(NCCOc1ccc(F)c(F)c1)C1CNC1. The van der Waals surface area contributed by atoms with Gasteiger partial charge < -0.3 is 15.4 Å². The first-order valence-electron chi connectivity index (χ1n) is 5.73. The molecule has 1 aromatic rings. The Morgan fingerprint density at radius 2 is 2.11 bits per heavy atom. The Morgan fingerprint density at radius 3 is 2.68 bits per heavy atom. The van der Waals surface area contributed by atoms with E-state index in [2.05, 4.69) is 10.6 Å². The molecule has 106 valence electrons. The first kappa shape index (κ1) is 15.7. The van der Waals surface area contributed by atoms with Crippen molar-refractivity contribution in [1.82, 2.24) is 10.6 Å². The molecule has 7 heteroatoms. The fraction of sp³-hybridized carbons (Fsp3) is 0.417. The smallest absolute Gasteiger partial charge is 0.225 e. The quantitative estimate of drug-likeness (QED) is 0.799. The first-order chi connectivity index (χ1) is 8.66. The average molecular weight is 293 g/mol. The van der Waals surface area contributed by atoms with Crippen LogP contribution in [0.25, 0.3) is 0 Å². The Morgan fingerprint density at radius 1 is 1.37 bits per heavy atom. The van der Waals surface area contributed by atoms with Gasteiger partial charge in [-0.15, -0.1) is 12.4 Å². The molecule has 0 aliphatic carbocycles. The molecule has 1 aliphatic rings. The van der Waals surface area contributed by atoms with Gasteiger partial charge in [0.2, 0.25) is 5.91 Å². The molecule has 1 aromatic carbocycles. The van der Waals surface area contributed by atoms with E-state index < -0.39 is 11.6 Å². The number of ether oxygens (including phenoxy) is 1. The van der Waals surface area contributed by atoms with Gasteiger partial charge in [-0.1, -0.05) is 0 Å². The molecule has 0 saturated carbocycles. The minimum absolute atomic E-state index is 0. The molecule has 2 N–H and O–H groups in total. The van der Waals surface area contributed by atoms with E-state index in [1.54, 1.807) is 0 Å². The summed E-state index contributed by atoms with van der Waals surface area (Å²) in [6.45, 7) is 1.97. The van der Waals surface area contributed by atoms with Gasteiger partial charge in [0, 0.05) is 19.2 Å². The van der Waals surface area contributed by atoms with Crippen molar-refractivity contribution in [3.63, 3.8) is 0 Å². The molecule has 19 heavy (non-hydrogen) atoms. The summed E-state index contributed by atoms with van der Waals surface area (Å²) < 4.78 is 30.7. The lowest BCUT2D eigenvalue weighted by atomic mass is 10.0. The second-order valence-electron chi connectivity index (χ2n) is 4.07. The molecule has 1 fully saturated rings. The van der Waals surface area contributed by atoms with Crippen LogP contribution in [-0.2, 0) is 4.79 Å². The number of benzene rings is 1. The number of amides is 1. The van der Waals surface area contributed by atoms with Crippen molar-refractivity contribution in [2.45, 2.75) is 0 Å². The van der Waals surface area contributed by atoms with Gasteiger partial charge in [-0.2, -0.15) is 0 Å². The zero-order valence-electron chi connectivity index (χ0n) is 10.1. The van der Waals surface area contributed by atoms with E-state index in [-0.39, 0.29) is 36.6 Å². The normalized spacial score (nSPS) is 14.2. The standard InChI is InChI=1S/C12H14F2N2O2.ClH/c13-10-2-1-9(5-11(10)14)18-4-3-16-12(17)8-6-15-7-8;/h1-2,5,8,15H,3-4,6-7H2,(H,16,17);1H. The Hall–Kier alpha value is -1.40. The van der Waals surface area contributed by atoms with Crippen LogP contribution < -0.4 is 15.4 Å². The van der Waals surface area contributed by atoms with Crippen LogP contribution in [0.1, 0.15) is 0 Å². The van der Waals surface area contributed by atoms with E-state index in [0.29, 0.717) is 19.6 Å². The monoisotopic (exact) mass is 292 g/mol. The minimum atomic E-state index is -0.947. The topological polar surface area (TPSA) is 50.4 Å².